The van der Waals surface area contributed by atoms with Gasteiger partial charge in [0.25, 0.3) is 0 Å². The van der Waals surface area contributed by atoms with Gasteiger partial charge in [-0.2, -0.15) is 0 Å². The molecular weight excluding hydrogens is 284 g/mol. The van der Waals surface area contributed by atoms with Crippen LogP contribution in [0.3, 0.4) is 0 Å². The Morgan fingerprint density at radius 2 is 2.00 bits per heavy atom. The Labute approximate surface area is 128 Å². The monoisotopic (exact) mass is 304 g/mol. The molecule has 0 aliphatic heterocycles. The first-order valence-corrected chi connectivity index (χ1v) is 6.99. The van der Waals surface area contributed by atoms with Gasteiger partial charge < -0.3 is 15.6 Å². The quantitative estimate of drug-likeness (QED) is 0.907. The van der Waals surface area contributed by atoms with Crippen LogP contribution in [0.5, 0.6) is 0 Å². The molecule has 118 valence electrons. The van der Waals surface area contributed by atoms with Crippen LogP contribution in [-0.2, 0) is 16.0 Å². The predicted octanol–water partition coefficient (Wildman–Crippen LogP) is 2.38. The lowest BCUT2D eigenvalue weighted by Crippen LogP contribution is -2.32. The third-order valence-electron chi connectivity index (χ3n) is 3.12. The second-order valence-corrected chi connectivity index (χ2v) is 6.21. The molecule has 0 unspecified atom stereocenters. The summed E-state index contributed by atoms with van der Waals surface area (Å²) in [6.07, 6.45) is 1.43. The molecular formula is C16H20N2O4. The number of rotatable bonds is 3. The summed E-state index contributed by atoms with van der Waals surface area (Å²) in [7, 11) is 0. The minimum Gasteiger partial charge on any atom is -0.480 e. The van der Waals surface area contributed by atoms with Crippen LogP contribution < -0.4 is 5.73 Å². The van der Waals surface area contributed by atoms with E-state index in [-0.39, 0.29) is 6.42 Å². The first-order chi connectivity index (χ1) is 10.2. The number of carboxylic acid groups (broad SMARTS) is 1. The number of fused-ring (bicyclic) bond motifs is 1. The van der Waals surface area contributed by atoms with Crippen molar-refractivity contribution in [2.75, 3.05) is 0 Å². The van der Waals surface area contributed by atoms with Gasteiger partial charge in [-0.1, -0.05) is 6.07 Å². The van der Waals surface area contributed by atoms with Crippen molar-refractivity contribution in [3.05, 3.63) is 36.0 Å². The number of nitrogens with two attached hydrogens (primary N) is 1. The van der Waals surface area contributed by atoms with Crippen LogP contribution in [0, 0.1) is 0 Å². The van der Waals surface area contributed by atoms with Crippen LogP contribution in [0.25, 0.3) is 10.9 Å². The number of aliphatic carboxylic acids is 1. The number of carboxylic acids is 1. The predicted molar refractivity (Wildman–Crippen MR) is 82.9 cm³/mol. The molecule has 0 saturated carbocycles. The van der Waals surface area contributed by atoms with Gasteiger partial charge in [-0.05, 0) is 51.0 Å². The number of aromatic nitrogens is 1. The molecule has 6 nitrogen and oxygen atoms in total. The summed E-state index contributed by atoms with van der Waals surface area (Å²) < 4.78 is 6.77. The standard InChI is InChI=1S/C16H20N2O4/c1-16(2,3)22-15(21)18-7-6-11-8-10(4-5-13(11)18)9-12(17)14(19)20/h4-8,12H,9,17H2,1-3H3,(H,19,20)/t12-/m1/s1. The number of carbonyl (C=O) groups excluding carboxylic acids is 1. The van der Waals surface area contributed by atoms with Gasteiger partial charge in [0.1, 0.15) is 11.6 Å². The molecule has 0 aliphatic carbocycles. The average molecular weight is 304 g/mol. The molecule has 0 amide bonds. The van der Waals surface area contributed by atoms with Gasteiger partial charge in [-0.15, -0.1) is 0 Å². The second-order valence-electron chi connectivity index (χ2n) is 6.21. The normalized spacial score (nSPS) is 13.1. The number of hydrogen-bond acceptors (Lipinski definition) is 4. The van der Waals surface area contributed by atoms with Gasteiger partial charge in [0.2, 0.25) is 0 Å². The molecule has 0 bridgehead atoms. The summed E-state index contributed by atoms with van der Waals surface area (Å²) >= 11 is 0. The first-order valence-electron chi connectivity index (χ1n) is 6.99. The lowest BCUT2D eigenvalue weighted by atomic mass is 10.1. The maximum atomic E-state index is 12.1. The van der Waals surface area contributed by atoms with Gasteiger partial charge in [0, 0.05) is 11.6 Å². The van der Waals surface area contributed by atoms with Crippen molar-refractivity contribution in [3.63, 3.8) is 0 Å². The van der Waals surface area contributed by atoms with Crippen molar-refractivity contribution >= 4 is 23.0 Å². The summed E-state index contributed by atoms with van der Waals surface area (Å²) in [5, 5.41) is 9.69. The molecule has 0 radical (unpaired) electrons. The van der Waals surface area contributed by atoms with Crippen molar-refractivity contribution in [2.45, 2.75) is 38.8 Å². The van der Waals surface area contributed by atoms with Crippen LogP contribution >= 0.6 is 0 Å². The van der Waals surface area contributed by atoms with E-state index >= 15 is 0 Å². The molecule has 6 heteroatoms. The van der Waals surface area contributed by atoms with Gasteiger partial charge in [-0.25, -0.2) is 4.79 Å². The van der Waals surface area contributed by atoms with E-state index in [9.17, 15) is 9.59 Å². The SMILES string of the molecule is CC(C)(C)OC(=O)n1ccc2cc(C[C@@H](N)C(=O)O)ccc21. The highest BCUT2D eigenvalue weighted by molar-refractivity contribution is 5.90. The molecule has 0 fully saturated rings. The highest BCUT2D eigenvalue weighted by Gasteiger charge is 2.19. The maximum Gasteiger partial charge on any atom is 0.418 e. The van der Waals surface area contributed by atoms with E-state index in [0.29, 0.717) is 5.52 Å². The second kappa shape index (κ2) is 5.81. The van der Waals surface area contributed by atoms with Gasteiger partial charge in [-0.3, -0.25) is 9.36 Å². The van der Waals surface area contributed by atoms with E-state index in [1.807, 2.05) is 26.8 Å². The van der Waals surface area contributed by atoms with Crippen molar-refractivity contribution in [1.82, 2.24) is 4.57 Å². The number of carbonyl (C=O) groups is 2. The maximum absolute atomic E-state index is 12.1. The van der Waals surface area contributed by atoms with Crippen molar-refractivity contribution in [3.8, 4) is 0 Å². The Kier molecular flexibility index (Phi) is 4.23. The Bertz CT molecular complexity index is 712. The van der Waals surface area contributed by atoms with E-state index in [4.69, 9.17) is 15.6 Å². The Morgan fingerprint density at radius 3 is 2.59 bits per heavy atom. The molecule has 3 N–H and O–H groups in total. The Morgan fingerprint density at radius 1 is 1.32 bits per heavy atom. The molecule has 0 aliphatic rings. The molecule has 1 aromatic heterocycles. The molecule has 1 heterocycles. The molecule has 1 aromatic carbocycles. The molecule has 0 saturated heterocycles. The van der Waals surface area contributed by atoms with Gasteiger partial charge >= 0.3 is 12.1 Å². The van der Waals surface area contributed by atoms with E-state index in [2.05, 4.69) is 0 Å². The fourth-order valence-electron chi connectivity index (χ4n) is 2.13. The zero-order chi connectivity index (χ0) is 16.5. The van der Waals surface area contributed by atoms with Gasteiger partial charge in [0.15, 0.2) is 0 Å². The fourth-order valence-corrected chi connectivity index (χ4v) is 2.13. The lowest BCUT2D eigenvalue weighted by molar-refractivity contribution is -0.138. The topological polar surface area (TPSA) is 94.5 Å². The van der Waals surface area contributed by atoms with Crippen LogP contribution in [0.2, 0.25) is 0 Å². The molecule has 2 aromatic rings. The van der Waals surface area contributed by atoms with E-state index in [1.54, 1.807) is 24.4 Å². The lowest BCUT2D eigenvalue weighted by Gasteiger charge is -2.19. The minimum absolute atomic E-state index is 0.239. The number of benzene rings is 1. The highest BCUT2D eigenvalue weighted by Crippen LogP contribution is 2.20. The van der Waals surface area contributed by atoms with Crippen LogP contribution in [0.15, 0.2) is 30.5 Å². The Hall–Kier alpha value is -2.34. The van der Waals surface area contributed by atoms with Crippen LogP contribution in [-0.4, -0.2) is 33.4 Å². The van der Waals surface area contributed by atoms with Gasteiger partial charge in [0.05, 0.1) is 5.52 Å². The molecule has 0 spiro atoms. The van der Waals surface area contributed by atoms with Crippen molar-refractivity contribution in [2.24, 2.45) is 5.73 Å². The van der Waals surface area contributed by atoms with E-state index < -0.39 is 23.7 Å². The zero-order valence-corrected chi connectivity index (χ0v) is 12.9. The summed E-state index contributed by atoms with van der Waals surface area (Å²) in [4.78, 5) is 22.9. The summed E-state index contributed by atoms with van der Waals surface area (Å²) in [5.74, 6) is -1.04. The highest BCUT2D eigenvalue weighted by atomic mass is 16.6. The summed E-state index contributed by atoms with van der Waals surface area (Å²) in [6, 6.07) is 6.22. The first kappa shape index (κ1) is 16.0. The average Bonchev–Trinajstić information content (AvgIpc) is 2.79. The van der Waals surface area contributed by atoms with Crippen LogP contribution in [0.4, 0.5) is 4.79 Å². The molecule has 1 atom stereocenters. The largest absolute Gasteiger partial charge is 0.480 e. The fraction of sp³-hybridized carbons (Fsp3) is 0.375. The molecule has 22 heavy (non-hydrogen) atoms. The van der Waals surface area contributed by atoms with Crippen LogP contribution in [0.1, 0.15) is 26.3 Å². The summed E-state index contributed by atoms with van der Waals surface area (Å²) in [6.45, 7) is 5.42. The van der Waals surface area contributed by atoms with E-state index in [0.717, 1.165) is 10.9 Å². The summed E-state index contributed by atoms with van der Waals surface area (Å²) in [5.41, 5.74) is 6.49. The molecule has 2 rings (SSSR count). The number of ether oxygens (including phenoxy) is 1. The number of nitrogens with zero attached hydrogens (tertiary/aromatic N) is 1. The van der Waals surface area contributed by atoms with Crippen molar-refractivity contribution < 1.29 is 19.4 Å². The third kappa shape index (κ3) is 3.65. The number of hydrogen-bond donors (Lipinski definition) is 2. The van der Waals surface area contributed by atoms with Crippen molar-refractivity contribution in [1.29, 1.82) is 0 Å². The Balaban J connectivity index is 2.27. The zero-order valence-electron chi connectivity index (χ0n) is 12.9. The van der Waals surface area contributed by atoms with E-state index in [1.165, 1.54) is 4.57 Å². The minimum atomic E-state index is -1.04. The smallest absolute Gasteiger partial charge is 0.418 e. The third-order valence-corrected chi connectivity index (χ3v) is 3.12.